The van der Waals surface area contributed by atoms with Crippen LogP contribution in [0.1, 0.15) is 19.5 Å². The van der Waals surface area contributed by atoms with Gasteiger partial charge in [0.05, 0.1) is 0 Å². The molecule has 1 rings (SSSR count). The monoisotopic (exact) mass is 214 g/mol. The molecule has 14 heavy (non-hydrogen) atoms. The van der Waals surface area contributed by atoms with E-state index in [-0.39, 0.29) is 5.84 Å². The molecular weight excluding hydrogens is 200 g/mol. The normalized spacial score (nSPS) is 12.1. The van der Waals surface area contributed by atoms with Crippen LogP contribution in [0.15, 0.2) is 10.5 Å². The van der Waals surface area contributed by atoms with E-state index in [1.54, 1.807) is 5.38 Å². The molecule has 0 unspecified atom stereocenters. The Bertz CT molecular complexity index is 334. The molecule has 0 radical (unpaired) electrons. The van der Waals surface area contributed by atoms with Crippen molar-refractivity contribution in [2.75, 3.05) is 11.9 Å². The molecular formula is C8H14N4OS. The van der Waals surface area contributed by atoms with Gasteiger partial charge in [-0.15, -0.1) is 11.3 Å². The topological polar surface area (TPSA) is 74.7 Å². The molecule has 0 amide bonds. The SMILES string of the molecule is CC(C)N(C)c1nc(/C(N)=N\O)cs1. The molecule has 1 aromatic rings. The van der Waals surface area contributed by atoms with E-state index >= 15 is 0 Å². The summed E-state index contributed by atoms with van der Waals surface area (Å²) in [6.45, 7) is 4.15. The van der Waals surface area contributed by atoms with Crippen LogP contribution in [0, 0.1) is 0 Å². The first-order valence-electron chi connectivity index (χ1n) is 4.22. The average Bonchev–Trinajstić information content (AvgIpc) is 2.64. The minimum absolute atomic E-state index is 0.0460. The fourth-order valence-corrected chi connectivity index (χ4v) is 1.73. The highest BCUT2D eigenvalue weighted by atomic mass is 32.1. The molecule has 1 heterocycles. The molecule has 1 aromatic heterocycles. The van der Waals surface area contributed by atoms with E-state index in [0.717, 1.165) is 5.13 Å². The minimum Gasteiger partial charge on any atom is -0.409 e. The van der Waals surface area contributed by atoms with Crippen LogP contribution in [0.3, 0.4) is 0 Å². The quantitative estimate of drug-likeness (QED) is 0.342. The van der Waals surface area contributed by atoms with Crippen molar-refractivity contribution in [2.24, 2.45) is 10.9 Å². The lowest BCUT2D eigenvalue weighted by Crippen LogP contribution is -2.25. The maximum Gasteiger partial charge on any atom is 0.189 e. The minimum atomic E-state index is 0.0460. The van der Waals surface area contributed by atoms with Crippen molar-refractivity contribution in [3.63, 3.8) is 0 Å². The molecule has 0 aliphatic carbocycles. The summed E-state index contributed by atoms with van der Waals surface area (Å²) in [4.78, 5) is 6.26. The largest absolute Gasteiger partial charge is 0.409 e. The fraction of sp³-hybridized carbons (Fsp3) is 0.500. The van der Waals surface area contributed by atoms with Crippen molar-refractivity contribution in [3.05, 3.63) is 11.1 Å². The average molecular weight is 214 g/mol. The number of rotatable bonds is 3. The second-order valence-corrected chi connectivity index (χ2v) is 4.04. The summed E-state index contributed by atoms with van der Waals surface area (Å²) in [6, 6.07) is 0.376. The van der Waals surface area contributed by atoms with E-state index in [4.69, 9.17) is 10.9 Å². The molecule has 0 aliphatic rings. The molecule has 0 fully saturated rings. The van der Waals surface area contributed by atoms with Gasteiger partial charge in [0.25, 0.3) is 0 Å². The third-order valence-electron chi connectivity index (χ3n) is 1.94. The van der Waals surface area contributed by atoms with Crippen molar-refractivity contribution in [1.29, 1.82) is 0 Å². The zero-order chi connectivity index (χ0) is 10.7. The van der Waals surface area contributed by atoms with Crippen LogP contribution in [0.2, 0.25) is 0 Å². The predicted octanol–water partition coefficient (Wildman–Crippen LogP) is 1.08. The highest BCUT2D eigenvalue weighted by molar-refractivity contribution is 7.13. The summed E-state index contributed by atoms with van der Waals surface area (Å²) < 4.78 is 0. The Balaban J connectivity index is 2.88. The molecule has 0 aliphatic heterocycles. The number of anilines is 1. The van der Waals surface area contributed by atoms with E-state index < -0.39 is 0 Å². The van der Waals surface area contributed by atoms with Crippen LogP contribution < -0.4 is 10.6 Å². The maximum absolute atomic E-state index is 8.46. The van der Waals surface area contributed by atoms with E-state index in [9.17, 15) is 0 Å². The fourth-order valence-electron chi connectivity index (χ4n) is 0.816. The summed E-state index contributed by atoms with van der Waals surface area (Å²) in [5, 5.41) is 14.0. The van der Waals surface area contributed by atoms with Crippen LogP contribution in [0.25, 0.3) is 0 Å². The maximum atomic E-state index is 8.46. The van der Waals surface area contributed by atoms with Crippen molar-refractivity contribution in [3.8, 4) is 0 Å². The van der Waals surface area contributed by atoms with Crippen LogP contribution in [-0.4, -0.2) is 29.1 Å². The van der Waals surface area contributed by atoms with Gasteiger partial charge in [-0.2, -0.15) is 0 Å². The Morgan fingerprint density at radius 1 is 1.71 bits per heavy atom. The third kappa shape index (κ3) is 2.14. The highest BCUT2D eigenvalue weighted by Crippen LogP contribution is 2.20. The van der Waals surface area contributed by atoms with E-state index in [1.165, 1.54) is 11.3 Å². The molecule has 0 aromatic carbocycles. The zero-order valence-electron chi connectivity index (χ0n) is 8.43. The number of aromatic nitrogens is 1. The van der Waals surface area contributed by atoms with E-state index in [2.05, 4.69) is 24.0 Å². The van der Waals surface area contributed by atoms with Gasteiger partial charge in [-0.3, -0.25) is 0 Å². The summed E-state index contributed by atoms with van der Waals surface area (Å²) in [6.07, 6.45) is 0. The van der Waals surface area contributed by atoms with Gasteiger partial charge in [0.1, 0.15) is 5.69 Å². The summed E-state index contributed by atoms with van der Waals surface area (Å²) in [5.41, 5.74) is 5.92. The molecule has 0 spiro atoms. The molecule has 5 nitrogen and oxygen atoms in total. The number of hydrogen-bond acceptors (Lipinski definition) is 5. The first-order valence-corrected chi connectivity index (χ1v) is 5.10. The van der Waals surface area contributed by atoms with Gasteiger partial charge in [0, 0.05) is 18.5 Å². The first kappa shape index (κ1) is 10.8. The van der Waals surface area contributed by atoms with Gasteiger partial charge in [-0.05, 0) is 13.8 Å². The summed E-state index contributed by atoms with van der Waals surface area (Å²) in [5.74, 6) is 0.0460. The molecule has 0 atom stereocenters. The number of oxime groups is 1. The molecule has 0 saturated carbocycles. The first-order chi connectivity index (χ1) is 6.56. The van der Waals surface area contributed by atoms with Gasteiger partial charge in [-0.1, -0.05) is 5.16 Å². The Morgan fingerprint density at radius 3 is 2.86 bits per heavy atom. The predicted molar refractivity (Wildman–Crippen MR) is 58.2 cm³/mol. The Kier molecular flexibility index (Phi) is 3.29. The van der Waals surface area contributed by atoms with Crippen LogP contribution in [-0.2, 0) is 0 Å². The standard InChI is InChI=1S/C8H14N4OS/c1-5(2)12(3)8-10-6(4-14-8)7(9)11-13/h4-5,13H,1-3H3,(H2,9,11). The van der Waals surface area contributed by atoms with Crippen LogP contribution in [0.4, 0.5) is 5.13 Å². The summed E-state index contributed by atoms with van der Waals surface area (Å²) >= 11 is 1.47. The van der Waals surface area contributed by atoms with Crippen molar-refractivity contribution in [2.45, 2.75) is 19.9 Å². The zero-order valence-corrected chi connectivity index (χ0v) is 9.25. The van der Waals surface area contributed by atoms with E-state index in [1.807, 2.05) is 11.9 Å². The van der Waals surface area contributed by atoms with E-state index in [0.29, 0.717) is 11.7 Å². The Morgan fingerprint density at radius 2 is 2.36 bits per heavy atom. The lowest BCUT2D eigenvalue weighted by Gasteiger charge is -2.19. The van der Waals surface area contributed by atoms with Gasteiger partial charge in [0.2, 0.25) is 0 Å². The van der Waals surface area contributed by atoms with Crippen molar-refractivity contribution >= 4 is 22.3 Å². The lowest BCUT2D eigenvalue weighted by atomic mass is 10.4. The third-order valence-corrected chi connectivity index (χ3v) is 2.87. The molecule has 3 N–H and O–H groups in total. The van der Waals surface area contributed by atoms with Gasteiger partial charge >= 0.3 is 0 Å². The number of thiazole rings is 1. The van der Waals surface area contributed by atoms with Gasteiger partial charge in [0.15, 0.2) is 11.0 Å². The number of nitrogens with zero attached hydrogens (tertiary/aromatic N) is 3. The second-order valence-electron chi connectivity index (χ2n) is 3.21. The number of nitrogens with two attached hydrogens (primary N) is 1. The van der Waals surface area contributed by atoms with Crippen LogP contribution in [0.5, 0.6) is 0 Å². The molecule has 0 bridgehead atoms. The smallest absolute Gasteiger partial charge is 0.189 e. The second kappa shape index (κ2) is 4.28. The van der Waals surface area contributed by atoms with Gasteiger partial charge in [-0.25, -0.2) is 4.98 Å². The van der Waals surface area contributed by atoms with Crippen LogP contribution >= 0.6 is 11.3 Å². The molecule has 0 saturated heterocycles. The Hall–Kier alpha value is -1.30. The Labute approximate surface area is 86.9 Å². The molecule has 78 valence electrons. The van der Waals surface area contributed by atoms with Crippen molar-refractivity contribution in [1.82, 2.24) is 4.98 Å². The molecule has 6 heteroatoms. The van der Waals surface area contributed by atoms with Gasteiger partial charge < -0.3 is 15.8 Å². The van der Waals surface area contributed by atoms with Crippen molar-refractivity contribution < 1.29 is 5.21 Å². The number of hydrogen-bond donors (Lipinski definition) is 2. The summed E-state index contributed by atoms with van der Waals surface area (Å²) in [7, 11) is 1.96. The lowest BCUT2D eigenvalue weighted by molar-refractivity contribution is 0.318. The highest BCUT2D eigenvalue weighted by Gasteiger charge is 2.11. The number of amidine groups is 1.